The minimum absolute atomic E-state index is 0.0674. The van der Waals surface area contributed by atoms with Gasteiger partial charge in [-0.2, -0.15) is 0 Å². The molecule has 0 aliphatic carbocycles. The van der Waals surface area contributed by atoms with Gasteiger partial charge in [-0.1, -0.05) is 213 Å². The Bertz CT molecular complexity index is 3280. The van der Waals surface area contributed by atoms with Crippen molar-refractivity contribution in [3.05, 3.63) is 253 Å². The molecule has 64 heavy (non-hydrogen) atoms. The zero-order valence-corrected chi connectivity index (χ0v) is 35.8. The van der Waals surface area contributed by atoms with Gasteiger partial charge < -0.3 is 5.73 Å². The molecule has 306 valence electrons. The van der Waals surface area contributed by atoms with Crippen molar-refractivity contribution >= 4 is 33.1 Å². The molecular weight excluding hydrogens is 775 g/mol. The van der Waals surface area contributed by atoms with Crippen molar-refractivity contribution in [2.75, 3.05) is 0 Å². The molecule has 1 heterocycles. The topological polar surface area (TPSA) is 51.3 Å². The number of allylic oxidation sites excluding steroid dienone is 1. The van der Waals surface area contributed by atoms with Gasteiger partial charge in [-0.25, -0.2) is 4.98 Å². The van der Waals surface area contributed by atoms with Crippen molar-refractivity contribution in [1.29, 1.82) is 0 Å². The highest BCUT2D eigenvalue weighted by atomic mass is 14.8. The number of nitrogens with zero attached hydrogens (tertiary/aromatic N) is 2. The van der Waals surface area contributed by atoms with Crippen LogP contribution in [-0.4, -0.2) is 10.7 Å². The van der Waals surface area contributed by atoms with Crippen LogP contribution in [0, 0.1) is 0 Å². The van der Waals surface area contributed by atoms with E-state index in [-0.39, 0.29) is 6.04 Å². The molecule has 10 aromatic rings. The second-order valence-corrected chi connectivity index (χ2v) is 16.2. The lowest BCUT2D eigenvalue weighted by atomic mass is 9.93. The fourth-order valence-corrected chi connectivity index (χ4v) is 8.73. The van der Waals surface area contributed by atoms with Crippen molar-refractivity contribution in [2.45, 2.75) is 19.4 Å². The fraction of sp³-hybridized carbons (Fsp3) is 0.0492. The molecule has 0 saturated carbocycles. The quantitative estimate of drug-likeness (QED) is 0.104. The molecule has 0 spiro atoms. The number of fused-ring (bicyclic) bond motifs is 3. The number of hydrogen-bond donors (Lipinski definition) is 1. The number of aromatic nitrogens is 1. The first-order valence-electron chi connectivity index (χ1n) is 22.0. The molecule has 0 aliphatic rings. The van der Waals surface area contributed by atoms with E-state index in [1.165, 1.54) is 33.0 Å². The summed E-state index contributed by atoms with van der Waals surface area (Å²) < 4.78 is 0. The van der Waals surface area contributed by atoms with Crippen LogP contribution in [0.4, 0.5) is 0 Å². The molecule has 2 N–H and O–H groups in total. The lowest BCUT2D eigenvalue weighted by Gasteiger charge is -2.16. The van der Waals surface area contributed by atoms with E-state index < -0.39 is 0 Å². The second-order valence-electron chi connectivity index (χ2n) is 16.2. The summed E-state index contributed by atoms with van der Waals surface area (Å²) >= 11 is 0. The third-order valence-electron chi connectivity index (χ3n) is 12.1. The smallest absolute Gasteiger partial charge is 0.0754 e. The number of pyridine rings is 1. The highest BCUT2D eigenvalue weighted by Gasteiger charge is 2.15. The van der Waals surface area contributed by atoms with Crippen LogP contribution in [0.5, 0.6) is 0 Å². The molecule has 0 aliphatic heterocycles. The van der Waals surface area contributed by atoms with Gasteiger partial charge in [0.2, 0.25) is 0 Å². The van der Waals surface area contributed by atoms with E-state index in [2.05, 4.69) is 225 Å². The van der Waals surface area contributed by atoms with E-state index in [1.807, 2.05) is 18.2 Å². The van der Waals surface area contributed by atoms with E-state index in [0.29, 0.717) is 5.70 Å². The van der Waals surface area contributed by atoms with Gasteiger partial charge in [0.25, 0.3) is 0 Å². The summed E-state index contributed by atoms with van der Waals surface area (Å²) in [5.41, 5.74) is 23.9. The number of nitrogens with two attached hydrogens (primary N) is 1. The third-order valence-corrected chi connectivity index (χ3v) is 12.1. The first kappa shape index (κ1) is 40.0. The van der Waals surface area contributed by atoms with E-state index in [9.17, 15) is 0 Å². The average Bonchev–Trinajstić information content (AvgIpc) is 3.38. The molecule has 3 heteroatoms. The van der Waals surface area contributed by atoms with Crippen molar-refractivity contribution in [2.24, 2.45) is 10.7 Å². The summed E-state index contributed by atoms with van der Waals surface area (Å²) in [4.78, 5) is 10.6. The lowest BCUT2D eigenvalue weighted by Crippen LogP contribution is -2.07. The Morgan fingerprint density at radius 1 is 0.484 bits per heavy atom. The van der Waals surface area contributed by atoms with Gasteiger partial charge >= 0.3 is 0 Å². The maximum Gasteiger partial charge on any atom is 0.0754 e. The molecule has 0 fully saturated rings. The summed E-state index contributed by atoms with van der Waals surface area (Å²) in [7, 11) is 0. The normalized spacial score (nSPS) is 12.4. The maximum atomic E-state index is 7.03. The summed E-state index contributed by atoms with van der Waals surface area (Å²) in [6.45, 7) is 2.20. The van der Waals surface area contributed by atoms with Crippen LogP contribution in [0.25, 0.3) is 83.1 Å². The van der Waals surface area contributed by atoms with Crippen LogP contribution in [0.3, 0.4) is 0 Å². The van der Waals surface area contributed by atoms with E-state index >= 15 is 0 Å². The number of aliphatic imine (C=N–C) groups is 1. The molecule has 0 amide bonds. The molecule has 0 radical (unpaired) electrons. The summed E-state index contributed by atoms with van der Waals surface area (Å²) in [5.74, 6) is 0. The van der Waals surface area contributed by atoms with Crippen molar-refractivity contribution < 1.29 is 0 Å². The van der Waals surface area contributed by atoms with Crippen molar-refractivity contribution in [1.82, 2.24) is 4.98 Å². The first-order valence-corrected chi connectivity index (χ1v) is 22.0. The van der Waals surface area contributed by atoms with Gasteiger partial charge in [0.1, 0.15) is 0 Å². The predicted molar refractivity (Wildman–Crippen MR) is 271 cm³/mol. The highest BCUT2D eigenvalue weighted by molar-refractivity contribution is 6.14. The minimum Gasteiger partial charge on any atom is -0.398 e. The summed E-state index contributed by atoms with van der Waals surface area (Å²) in [5, 5.41) is 3.57. The SMILES string of the molecule is CCC(N=C(/C=C(\N)c1ccc(-c2ccc(-c3cc(-c4ccccc4)nc4ccc5ccccc5c34)cc2)cc1)c1cccc(-c2ccccc2)c1)c1cccc(-c2ccccc2)c1. The van der Waals surface area contributed by atoms with Crippen molar-refractivity contribution in [3.63, 3.8) is 0 Å². The Kier molecular flexibility index (Phi) is 11.3. The van der Waals surface area contributed by atoms with E-state index in [1.54, 1.807) is 0 Å². The fourth-order valence-electron chi connectivity index (χ4n) is 8.73. The molecule has 3 nitrogen and oxygen atoms in total. The zero-order chi connectivity index (χ0) is 43.2. The van der Waals surface area contributed by atoms with Crippen LogP contribution in [0.2, 0.25) is 0 Å². The monoisotopic (exact) mass is 821 g/mol. The molecular formula is C61H47N3. The molecule has 1 unspecified atom stereocenters. The van der Waals surface area contributed by atoms with Gasteiger partial charge in [0, 0.05) is 22.2 Å². The first-order chi connectivity index (χ1) is 31.6. The Balaban J connectivity index is 0.983. The van der Waals surface area contributed by atoms with Crippen LogP contribution in [0.15, 0.2) is 242 Å². The van der Waals surface area contributed by atoms with Gasteiger partial charge in [0.15, 0.2) is 0 Å². The highest BCUT2D eigenvalue weighted by Crippen LogP contribution is 2.38. The van der Waals surface area contributed by atoms with Crippen LogP contribution >= 0.6 is 0 Å². The largest absolute Gasteiger partial charge is 0.398 e. The Labute approximate surface area is 375 Å². The molecule has 9 aromatic carbocycles. The molecule has 10 rings (SSSR count). The molecule has 1 atom stereocenters. The minimum atomic E-state index is -0.0674. The average molecular weight is 822 g/mol. The Morgan fingerprint density at radius 2 is 1.03 bits per heavy atom. The number of benzene rings is 9. The van der Waals surface area contributed by atoms with Crippen LogP contribution in [0.1, 0.15) is 36.1 Å². The Hall–Kier alpha value is -8.14. The zero-order valence-electron chi connectivity index (χ0n) is 35.8. The van der Waals surface area contributed by atoms with Crippen LogP contribution in [-0.2, 0) is 0 Å². The lowest BCUT2D eigenvalue weighted by molar-refractivity contribution is 0.702. The standard InChI is InChI=1S/C61H47N3/c1-2-57(52-25-14-23-50(38-52)42-16-6-3-7-17-42)63-60(53-26-15-24-51(39-53)43-18-8-4-9-19-43)41-56(62)48-34-30-45(31-35-48)44-28-32-47(33-29-44)55-40-59(49-21-10-5-11-22-49)64-58-37-36-46-20-12-13-27-54(46)61(55)58/h3-41,57H,2,62H2,1H3/b56-41-,63-60?. The van der Waals surface area contributed by atoms with Crippen molar-refractivity contribution in [3.8, 4) is 55.8 Å². The van der Waals surface area contributed by atoms with Crippen LogP contribution < -0.4 is 5.73 Å². The van der Waals surface area contributed by atoms with E-state index in [0.717, 1.165) is 73.2 Å². The molecule has 1 aromatic heterocycles. The predicted octanol–water partition coefficient (Wildman–Crippen LogP) is 15.7. The van der Waals surface area contributed by atoms with Gasteiger partial charge in [-0.3, -0.25) is 4.99 Å². The van der Waals surface area contributed by atoms with E-state index in [4.69, 9.17) is 15.7 Å². The van der Waals surface area contributed by atoms with Gasteiger partial charge in [0.05, 0.1) is 23.0 Å². The van der Waals surface area contributed by atoms with Gasteiger partial charge in [-0.05, 0) is 103 Å². The Morgan fingerprint density at radius 3 is 1.70 bits per heavy atom. The maximum absolute atomic E-state index is 7.03. The number of rotatable bonds is 11. The molecule has 0 saturated heterocycles. The second kappa shape index (κ2) is 18.1. The van der Waals surface area contributed by atoms with Gasteiger partial charge in [-0.15, -0.1) is 0 Å². The summed E-state index contributed by atoms with van der Waals surface area (Å²) in [6.07, 6.45) is 2.88. The molecule has 0 bridgehead atoms. The summed E-state index contributed by atoms with van der Waals surface area (Å²) in [6, 6.07) is 81.3. The third kappa shape index (κ3) is 8.40. The number of hydrogen-bond acceptors (Lipinski definition) is 3.